The third-order valence-corrected chi connectivity index (χ3v) is 13.0. The third-order valence-electron chi connectivity index (χ3n) is 9.61. The van der Waals surface area contributed by atoms with E-state index in [1.165, 1.54) is 27.8 Å². The largest absolute Gasteiger partial charge is 0.497 e. The first-order valence-electron chi connectivity index (χ1n) is 18.9. The van der Waals surface area contributed by atoms with Crippen molar-refractivity contribution in [3.63, 3.8) is 0 Å². The molecule has 0 radical (unpaired) electrons. The predicted molar refractivity (Wildman–Crippen MR) is 228 cm³/mol. The normalized spacial score (nSPS) is 18.6. The molecule has 284 valence electrons. The van der Waals surface area contributed by atoms with Gasteiger partial charge >= 0.3 is 0 Å². The Labute approximate surface area is 319 Å². The molecule has 0 spiro atoms. The van der Waals surface area contributed by atoms with Crippen molar-refractivity contribution < 1.29 is 19.7 Å². The molecule has 1 fully saturated rings. The quantitative estimate of drug-likeness (QED) is 0.137. The zero-order valence-corrected chi connectivity index (χ0v) is 36.6. The average Bonchev–Trinajstić information content (AvgIpc) is 3.37. The van der Waals surface area contributed by atoms with Crippen molar-refractivity contribution in [1.29, 1.82) is 0 Å². The Morgan fingerprint density at radius 3 is 2.00 bits per heavy atom. The molecule has 2 N–H and O–H groups in total. The summed E-state index contributed by atoms with van der Waals surface area (Å²) in [6, 6.07) is 16.4. The van der Waals surface area contributed by atoms with Crippen LogP contribution >= 0.6 is 0 Å². The Balaban J connectivity index is 0.000000316. The van der Waals surface area contributed by atoms with Crippen molar-refractivity contribution in [2.24, 2.45) is 5.41 Å². The molecule has 6 heteroatoms. The first kappa shape index (κ1) is 44.9. The van der Waals surface area contributed by atoms with Crippen LogP contribution in [0.15, 0.2) is 82.6 Å². The smallest absolute Gasteiger partial charge is 0.129 e. The van der Waals surface area contributed by atoms with Crippen LogP contribution in [0, 0.1) is 28.7 Å². The van der Waals surface area contributed by atoms with E-state index in [9.17, 15) is 10.2 Å². The lowest BCUT2D eigenvalue weighted by Gasteiger charge is -2.40. The number of ether oxygens (including phenoxy) is 2. The van der Waals surface area contributed by atoms with E-state index < -0.39 is 16.1 Å². The van der Waals surface area contributed by atoms with Gasteiger partial charge < -0.3 is 19.7 Å². The van der Waals surface area contributed by atoms with E-state index in [1.807, 2.05) is 38.1 Å². The van der Waals surface area contributed by atoms with E-state index in [0.717, 1.165) is 62.0 Å². The fourth-order valence-corrected chi connectivity index (χ4v) is 10.2. The first-order valence-corrected chi connectivity index (χ1v) is 25.9. The molecule has 0 amide bonds. The number of hydrogen-bond acceptors (Lipinski definition) is 4. The zero-order chi connectivity index (χ0) is 39.1. The van der Waals surface area contributed by atoms with E-state index in [0.29, 0.717) is 12.8 Å². The SMILES string of the molecule is C=C(C)C[C@@H](O)CC#CCCc1cccc(OC)c1.CC#C[Si](C)(C)C.COc1cccc(CCC2=C3C[C@H](O)C[C@]3(C)CC([Si](C)(C)C)=C2C)c1. The summed E-state index contributed by atoms with van der Waals surface area (Å²) in [6.07, 6.45) is 7.32. The van der Waals surface area contributed by atoms with Gasteiger partial charge in [-0.2, -0.15) is 0 Å². The Kier molecular flexibility index (Phi) is 18.0. The summed E-state index contributed by atoms with van der Waals surface area (Å²) in [5.74, 6) is 10.8. The molecule has 2 aliphatic rings. The van der Waals surface area contributed by atoms with Crippen molar-refractivity contribution in [2.75, 3.05) is 14.2 Å². The minimum Gasteiger partial charge on any atom is -0.497 e. The first-order chi connectivity index (χ1) is 24.3. The second-order valence-corrected chi connectivity index (χ2v) is 26.7. The molecule has 52 heavy (non-hydrogen) atoms. The van der Waals surface area contributed by atoms with Crippen LogP contribution in [0.25, 0.3) is 0 Å². The topological polar surface area (TPSA) is 58.9 Å². The number of rotatable bonds is 11. The van der Waals surface area contributed by atoms with Crippen LogP contribution in [-0.2, 0) is 12.8 Å². The minimum atomic E-state index is -1.37. The van der Waals surface area contributed by atoms with Crippen molar-refractivity contribution in [3.05, 3.63) is 93.7 Å². The van der Waals surface area contributed by atoms with Crippen LogP contribution in [0.5, 0.6) is 11.5 Å². The van der Waals surface area contributed by atoms with Gasteiger partial charge in [-0.3, -0.25) is 0 Å². The Hall–Kier alpha value is -3.27. The molecule has 3 atom stereocenters. The van der Waals surface area contributed by atoms with Crippen LogP contribution < -0.4 is 9.47 Å². The minimum absolute atomic E-state index is 0.165. The van der Waals surface area contributed by atoms with Gasteiger partial charge in [0.1, 0.15) is 19.6 Å². The molecule has 0 bridgehead atoms. The molecule has 0 unspecified atom stereocenters. The van der Waals surface area contributed by atoms with Gasteiger partial charge in [0.2, 0.25) is 0 Å². The molecule has 0 aliphatic heterocycles. The van der Waals surface area contributed by atoms with Gasteiger partial charge in [0.15, 0.2) is 0 Å². The highest BCUT2D eigenvalue weighted by Crippen LogP contribution is 2.55. The average molecular weight is 741 g/mol. The van der Waals surface area contributed by atoms with E-state index in [-0.39, 0.29) is 17.6 Å². The lowest BCUT2D eigenvalue weighted by molar-refractivity contribution is 0.164. The maximum Gasteiger partial charge on any atom is 0.129 e. The lowest BCUT2D eigenvalue weighted by Crippen LogP contribution is -2.33. The predicted octanol–water partition coefficient (Wildman–Crippen LogP) is 10.9. The highest BCUT2D eigenvalue weighted by molar-refractivity contribution is 6.84. The molecule has 0 saturated heterocycles. The monoisotopic (exact) mass is 740 g/mol. The number of benzene rings is 2. The second-order valence-electron chi connectivity index (χ2n) is 16.8. The summed E-state index contributed by atoms with van der Waals surface area (Å²) in [5.41, 5.74) is 11.5. The van der Waals surface area contributed by atoms with E-state index in [2.05, 4.69) is 107 Å². The van der Waals surface area contributed by atoms with E-state index >= 15 is 0 Å². The third kappa shape index (κ3) is 15.4. The van der Waals surface area contributed by atoms with Crippen LogP contribution in [0.4, 0.5) is 0 Å². The molecule has 2 aliphatic carbocycles. The summed E-state index contributed by atoms with van der Waals surface area (Å²) in [5, 5.41) is 21.7. The van der Waals surface area contributed by atoms with Gasteiger partial charge in [-0.15, -0.1) is 29.9 Å². The van der Waals surface area contributed by atoms with Crippen LogP contribution in [0.1, 0.15) is 83.8 Å². The Bertz CT molecular complexity index is 1670. The van der Waals surface area contributed by atoms with Gasteiger partial charge in [0, 0.05) is 12.8 Å². The van der Waals surface area contributed by atoms with Crippen molar-refractivity contribution in [2.45, 2.75) is 137 Å². The van der Waals surface area contributed by atoms with Crippen LogP contribution in [0.3, 0.4) is 0 Å². The Morgan fingerprint density at radius 1 is 0.942 bits per heavy atom. The van der Waals surface area contributed by atoms with Gasteiger partial charge in [0.05, 0.1) is 34.5 Å². The number of aliphatic hydroxyl groups excluding tert-OH is 2. The molecule has 4 nitrogen and oxygen atoms in total. The molecule has 0 aromatic heterocycles. The van der Waals surface area contributed by atoms with Crippen molar-refractivity contribution >= 4 is 16.1 Å². The molecule has 4 rings (SSSR count). The number of aliphatic hydroxyl groups is 2. The molecule has 0 heterocycles. The summed E-state index contributed by atoms with van der Waals surface area (Å²) >= 11 is 0. The number of hydrogen-bond donors (Lipinski definition) is 2. The highest BCUT2D eigenvalue weighted by Gasteiger charge is 2.45. The lowest BCUT2D eigenvalue weighted by atomic mass is 9.72. The summed E-state index contributed by atoms with van der Waals surface area (Å²) in [4.78, 5) is 0. The molecule has 2 aromatic carbocycles. The van der Waals surface area contributed by atoms with Gasteiger partial charge in [-0.25, -0.2) is 0 Å². The Morgan fingerprint density at radius 2 is 1.52 bits per heavy atom. The fraction of sp³-hybridized carbons (Fsp3) is 0.522. The number of allylic oxidation sites excluding steroid dienone is 3. The maximum absolute atomic E-state index is 10.4. The standard InChI is InChI=1S/C23H34O2Si.C17H22O2.C6H12Si/c1-16-20(11-10-17-8-7-9-19(12-17)25-3)21-13-18(24)14-23(21,2)15-22(16)26(4,5)6;1-14(2)12-16(18)10-6-4-5-8-15-9-7-11-17(13-15)19-3;1-5-6-7(2,3)4/h7-9,12,18,24H,10-11,13-15H2,1-6H3;7,9,11,13,16,18H,1,5,8,10,12H2,2-3H3;1-4H3/t18-,23+;16-;/m00./s1. The van der Waals surface area contributed by atoms with Crippen LogP contribution in [0.2, 0.25) is 39.3 Å². The fourth-order valence-electron chi connectivity index (χ4n) is 7.22. The molecule has 2 aromatic rings. The number of fused-ring (bicyclic) bond motifs is 1. The zero-order valence-electron chi connectivity index (χ0n) is 34.6. The second kappa shape index (κ2) is 20.8. The van der Waals surface area contributed by atoms with Crippen molar-refractivity contribution in [3.8, 4) is 34.8 Å². The molecule has 1 saturated carbocycles. The maximum atomic E-state index is 10.4. The van der Waals surface area contributed by atoms with Gasteiger partial charge in [0.25, 0.3) is 0 Å². The molecular weight excluding hydrogens is 673 g/mol. The summed E-state index contributed by atoms with van der Waals surface area (Å²) < 4.78 is 10.6. The van der Waals surface area contributed by atoms with E-state index in [1.54, 1.807) is 19.4 Å². The summed E-state index contributed by atoms with van der Waals surface area (Å²) in [6.45, 7) is 26.4. The van der Waals surface area contributed by atoms with Crippen molar-refractivity contribution in [1.82, 2.24) is 0 Å². The number of methoxy groups -OCH3 is 2. The van der Waals surface area contributed by atoms with Gasteiger partial charge in [-0.05, 0) is 112 Å². The molecular formula is C46H68O4Si2. The highest BCUT2D eigenvalue weighted by atomic mass is 28.3. The van der Waals surface area contributed by atoms with Gasteiger partial charge in [-0.1, -0.05) is 92.4 Å². The van der Waals surface area contributed by atoms with E-state index in [4.69, 9.17) is 9.47 Å². The van der Waals surface area contributed by atoms with Crippen LogP contribution in [-0.4, -0.2) is 52.8 Å². The summed E-state index contributed by atoms with van der Waals surface area (Å²) in [7, 11) is 1.01. The number of aryl methyl sites for hydroxylation is 2.